The van der Waals surface area contributed by atoms with Gasteiger partial charge in [0, 0.05) is 12.1 Å². The first-order valence-electron chi connectivity index (χ1n) is 5.98. The molecule has 0 radical (unpaired) electrons. The Bertz CT molecular complexity index is 429. The Morgan fingerprint density at radius 3 is 2.71 bits per heavy atom. The number of nitro groups is 1. The van der Waals surface area contributed by atoms with Crippen molar-refractivity contribution in [2.75, 3.05) is 5.32 Å². The third kappa shape index (κ3) is 2.75. The van der Waals surface area contributed by atoms with E-state index in [9.17, 15) is 10.1 Å². The average molecular weight is 234 g/mol. The predicted octanol–water partition coefficient (Wildman–Crippen LogP) is 3.59. The summed E-state index contributed by atoms with van der Waals surface area (Å²) >= 11 is 0. The highest BCUT2D eigenvalue weighted by Gasteiger charge is 2.31. The number of nitro benzene ring substituents is 1. The van der Waals surface area contributed by atoms with Crippen molar-refractivity contribution in [1.82, 2.24) is 0 Å². The molecule has 0 bridgehead atoms. The van der Waals surface area contributed by atoms with E-state index in [1.165, 1.54) is 6.42 Å². The second-order valence-electron chi connectivity index (χ2n) is 5.52. The lowest BCUT2D eigenvalue weighted by atomic mass is 9.92. The Balaban J connectivity index is 2.12. The largest absolute Gasteiger partial charge is 0.377 e. The quantitative estimate of drug-likeness (QED) is 0.642. The Morgan fingerprint density at radius 1 is 1.41 bits per heavy atom. The van der Waals surface area contributed by atoms with Crippen molar-refractivity contribution >= 4 is 11.4 Å². The number of hydrogen-bond donors (Lipinski definition) is 1. The fourth-order valence-corrected chi connectivity index (χ4v) is 2.53. The van der Waals surface area contributed by atoms with E-state index in [1.807, 2.05) is 6.07 Å². The molecule has 2 rings (SSSR count). The third-order valence-corrected chi connectivity index (χ3v) is 3.43. The van der Waals surface area contributed by atoms with Crippen LogP contribution in [0.3, 0.4) is 0 Å². The van der Waals surface area contributed by atoms with Crippen LogP contribution >= 0.6 is 0 Å². The molecule has 0 aliphatic heterocycles. The maximum atomic E-state index is 10.9. The van der Waals surface area contributed by atoms with Gasteiger partial charge in [-0.1, -0.05) is 26.0 Å². The van der Waals surface area contributed by atoms with Crippen LogP contribution in [0.15, 0.2) is 24.3 Å². The van der Waals surface area contributed by atoms with Crippen LogP contribution in [0.4, 0.5) is 11.4 Å². The molecule has 0 amide bonds. The van der Waals surface area contributed by atoms with Crippen molar-refractivity contribution in [3.8, 4) is 0 Å². The molecule has 0 saturated heterocycles. The summed E-state index contributed by atoms with van der Waals surface area (Å²) in [4.78, 5) is 10.6. The van der Waals surface area contributed by atoms with Gasteiger partial charge in [0.15, 0.2) is 0 Å². The molecule has 4 nitrogen and oxygen atoms in total. The summed E-state index contributed by atoms with van der Waals surface area (Å²) < 4.78 is 0. The van der Waals surface area contributed by atoms with Crippen LogP contribution < -0.4 is 5.32 Å². The molecular formula is C13H18N2O2. The monoisotopic (exact) mass is 234 g/mol. The number of nitrogens with one attached hydrogen (secondary N) is 1. The second kappa shape index (κ2) is 4.35. The normalized spacial score (nSPS) is 22.4. The lowest BCUT2D eigenvalue weighted by molar-refractivity contribution is -0.384. The first-order chi connectivity index (χ1) is 7.98. The van der Waals surface area contributed by atoms with Gasteiger partial charge in [-0.3, -0.25) is 10.1 Å². The van der Waals surface area contributed by atoms with Gasteiger partial charge in [0.2, 0.25) is 0 Å². The zero-order valence-electron chi connectivity index (χ0n) is 10.3. The minimum Gasteiger partial charge on any atom is -0.377 e. The first-order valence-corrected chi connectivity index (χ1v) is 5.98. The van der Waals surface area contributed by atoms with E-state index in [0.29, 0.717) is 17.1 Å². The molecule has 1 aromatic rings. The number of hydrogen-bond acceptors (Lipinski definition) is 3. The molecule has 0 aromatic heterocycles. The minimum atomic E-state index is -0.331. The lowest BCUT2D eigenvalue weighted by Crippen LogP contribution is -2.18. The number of anilines is 1. The van der Waals surface area contributed by atoms with E-state index < -0.39 is 0 Å². The standard InChI is InChI=1S/C13H18N2O2/c1-13(2)8-7-10(9-13)14-11-5-3-4-6-12(11)15(16)17/h3-6,10,14H,7-9H2,1-2H3. The summed E-state index contributed by atoms with van der Waals surface area (Å²) in [7, 11) is 0. The van der Waals surface area contributed by atoms with Gasteiger partial charge in [0.1, 0.15) is 5.69 Å². The van der Waals surface area contributed by atoms with E-state index >= 15 is 0 Å². The fourth-order valence-electron chi connectivity index (χ4n) is 2.53. The zero-order chi connectivity index (χ0) is 12.5. The maximum Gasteiger partial charge on any atom is 0.292 e. The van der Waals surface area contributed by atoms with Crippen molar-refractivity contribution in [3.63, 3.8) is 0 Å². The van der Waals surface area contributed by atoms with Crippen molar-refractivity contribution in [3.05, 3.63) is 34.4 Å². The predicted molar refractivity (Wildman–Crippen MR) is 68.1 cm³/mol. The van der Waals surface area contributed by atoms with Gasteiger partial charge in [-0.05, 0) is 30.7 Å². The molecule has 92 valence electrons. The van der Waals surface area contributed by atoms with Crippen LogP contribution in [-0.4, -0.2) is 11.0 Å². The van der Waals surface area contributed by atoms with Crippen molar-refractivity contribution in [2.45, 2.75) is 39.2 Å². The van der Waals surface area contributed by atoms with Crippen LogP contribution in [0.25, 0.3) is 0 Å². The summed E-state index contributed by atoms with van der Waals surface area (Å²) in [5.74, 6) is 0. The minimum absolute atomic E-state index is 0.164. The first kappa shape index (κ1) is 11.9. The summed E-state index contributed by atoms with van der Waals surface area (Å²) in [6.07, 6.45) is 3.32. The Labute approximate surface area is 101 Å². The number of rotatable bonds is 3. The van der Waals surface area contributed by atoms with Gasteiger partial charge in [-0.2, -0.15) is 0 Å². The van der Waals surface area contributed by atoms with E-state index in [2.05, 4.69) is 19.2 Å². The molecule has 1 saturated carbocycles. The van der Waals surface area contributed by atoms with Gasteiger partial charge < -0.3 is 5.32 Å². The fraction of sp³-hybridized carbons (Fsp3) is 0.538. The van der Waals surface area contributed by atoms with Gasteiger partial charge >= 0.3 is 0 Å². The van der Waals surface area contributed by atoms with Crippen LogP contribution in [-0.2, 0) is 0 Å². The van der Waals surface area contributed by atoms with Crippen molar-refractivity contribution in [2.24, 2.45) is 5.41 Å². The molecule has 1 aromatic carbocycles. The van der Waals surface area contributed by atoms with E-state index in [0.717, 1.165) is 12.8 Å². The van der Waals surface area contributed by atoms with E-state index in [-0.39, 0.29) is 10.6 Å². The summed E-state index contributed by atoms with van der Waals surface area (Å²) in [6.45, 7) is 4.49. The van der Waals surface area contributed by atoms with E-state index in [4.69, 9.17) is 0 Å². The summed E-state index contributed by atoms with van der Waals surface area (Å²) in [6, 6.07) is 7.20. The van der Waals surface area contributed by atoms with Gasteiger partial charge in [-0.25, -0.2) is 0 Å². The van der Waals surface area contributed by atoms with Crippen molar-refractivity contribution < 1.29 is 4.92 Å². The molecule has 0 spiro atoms. The van der Waals surface area contributed by atoms with Crippen LogP contribution in [0.2, 0.25) is 0 Å². The smallest absolute Gasteiger partial charge is 0.292 e. The van der Waals surface area contributed by atoms with Crippen LogP contribution in [0.5, 0.6) is 0 Å². The molecular weight excluding hydrogens is 216 g/mol. The van der Waals surface area contributed by atoms with Crippen molar-refractivity contribution in [1.29, 1.82) is 0 Å². The molecule has 0 heterocycles. The molecule has 1 atom stereocenters. The SMILES string of the molecule is CC1(C)CCC(Nc2ccccc2[N+](=O)[O-])C1. The topological polar surface area (TPSA) is 55.2 Å². The molecule has 17 heavy (non-hydrogen) atoms. The highest BCUT2D eigenvalue weighted by molar-refractivity contribution is 5.61. The van der Waals surface area contributed by atoms with Crippen LogP contribution in [0, 0.1) is 15.5 Å². The van der Waals surface area contributed by atoms with Crippen LogP contribution in [0.1, 0.15) is 33.1 Å². The Hall–Kier alpha value is -1.58. The van der Waals surface area contributed by atoms with Gasteiger partial charge in [0.05, 0.1) is 4.92 Å². The molecule has 1 unspecified atom stereocenters. The van der Waals surface area contributed by atoms with E-state index in [1.54, 1.807) is 18.2 Å². The van der Waals surface area contributed by atoms with Gasteiger partial charge in [-0.15, -0.1) is 0 Å². The number of para-hydroxylation sites is 2. The average Bonchev–Trinajstić information content (AvgIpc) is 2.58. The number of benzene rings is 1. The molecule has 1 aliphatic rings. The summed E-state index contributed by atoms with van der Waals surface area (Å²) in [5, 5.41) is 14.2. The second-order valence-corrected chi connectivity index (χ2v) is 5.52. The maximum absolute atomic E-state index is 10.9. The molecule has 1 N–H and O–H groups in total. The Morgan fingerprint density at radius 2 is 2.12 bits per heavy atom. The number of nitrogens with zero attached hydrogens (tertiary/aromatic N) is 1. The highest BCUT2D eigenvalue weighted by atomic mass is 16.6. The summed E-state index contributed by atoms with van der Waals surface area (Å²) in [5.41, 5.74) is 1.15. The lowest BCUT2D eigenvalue weighted by Gasteiger charge is -2.18. The Kier molecular flexibility index (Phi) is 3.05. The zero-order valence-corrected chi connectivity index (χ0v) is 10.3. The molecule has 4 heteroatoms. The third-order valence-electron chi connectivity index (χ3n) is 3.43. The van der Waals surface area contributed by atoms with Gasteiger partial charge in [0.25, 0.3) is 5.69 Å². The highest BCUT2D eigenvalue weighted by Crippen LogP contribution is 2.39. The molecule has 1 fully saturated rings. The molecule has 1 aliphatic carbocycles.